The number of carbonyl (C=O) groups excluding carboxylic acids is 1. The van der Waals surface area contributed by atoms with Gasteiger partial charge in [-0.1, -0.05) is 6.58 Å². The van der Waals surface area contributed by atoms with E-state index in [-0.39, 0.29) is 18.3 Å². The van der Waals surface area contributed by atoms with Gasteiger partial charge >= 0.3 is 0 Å². The molecule has 0 unspecified atom stereocenters. The van der Waals surface area contributed by atoms with Crippen molar-refractivity contribution in [3.63, 3.8) is 0 Å². The van der Waals surface area contributed by atoms with Crippen molar-refractivity contribution in [3.8, 4) is 0 Å². The third-order valence-corrected chi connectivity index (χ3v) is 3.18. The number of pyridine rings is 1. The van der Waals surface area contributed by atoms with Crippen molar-refractivity contribution in [2.45, 2.75) is 0 Å². The van der Waals surface area contributed by atoms with E-state index in [4.69, 9.17) is 0 Å². The van der Waals surface area contributed by atoms with Crippen LogP contribution >= 0.6 is 22.6 Å². The molecule has 0 atom stereocenters. The summed E-state index contributed by atoms with van der Waals surface area (Å²) in [5, 5.41) is 12.7. The predicted molar refractivity (Wildman–Crippen MR) is 90.6 cm³/mol. The van der Waals surface area contributed by atoms with Crippen LogP contribution in [0.3, 0.4) is 0 Å². The van der Waals surface area contributed by atoms with Crippen molar-refractivity contribution < 1.29 is 9.18 Å². The lowest BCUT2D eigenvalue weighted by Gasteiger charge is -2.11. The van der Waals surface area contributed by atoms with E-state index in [2.05, 4.69) is 55.2 Å². The molecule has 0 aliphatic rings. The second-order valence-corrected chi connectivity index (χ2v) is 5.33. The van der Waals surface area contributed by atoms with Crippen LogP contribution in [0.2, 0.25) is 0 Å². The minimum atomic E-state index is -0.458. The number of nitrogens with zero attached hydrogens (tertiary/aromatic N) is 3. The maximum absolute atomic E-state index is 12.7. The van der Waals surface area contributed by atoms with Gasteiger partial charge in [-0.25, -0.2) is 14.1 Å². The highest BCUT2D eigenvalue weighted by Crippen LogP contribution is 2.15. The Balaban J connectivity index is 1.96. The number of aromatic nitrogens is 3. The average Bonchev–Trinajstić information content (AvgIpc) is 2.88. The molecular formula is C13H14FIN6O. The number of amides is 1. The summed E-state index contributed by atoms with van der Waals surface area (Å²) < 4.78 is 15.1. The third-order valence-electron chi connectivity index (χ3n) is 2.65. The number of rotatable bonds is 6. The Labute approximate surface area is 140 Å². The molecular weight excluding hydrogens is 402 g/mol. The molecule has 22 heavy (non-hydrogen) atoms. The summed E-state index contributed by atoms with van der Waals surface area (Å²) in [6.07, 6.45) is 1.04. The number of hydrogen-bond acceptors (Lipinski definition) is 5. The number of halogens is 2. The SMILES string of the molecule is C=C(NC)n1nc(I)cc1NCC(=O)Nc1ccc(F)cn1. The van der Waals surface area contributed by atoms with Gasteiger partial charge in [-0.05, 0) is 34.7 Å². The maximum atomic E-state index is 12.7. The lowest BCUT2D eigenvalue weighted by molar-refractivity contribution is -0.114. The van der Waals surface area contributed by atoms with Crippen molar-refractivity contribution in [1.82, 2.24) is 20.1 Å². The van der Waals surface area contributed by atoms with Crippen LogP contribution in [0.5, 0.6) is 0 Å². The molecule has 2 aromatic rings. The number of carbonyl (C=O) groups is 1. The minimum absolute atomic E-state index is 0.0117. The van der Waals surface area contributed by atoms with Crippen LogP contribution in [0, 0.1) is 9.52 Å². The quantitative estimate of drug-likeness (QED) is 0.625. The van der Waals surface area contributed by atoms with Crippen LogP contribution in [-0.2, 0) is 4.79 Å². The molecule has 0 saturated heterocycles. The molecule has 0 bridgehead atoms. The highest BCUT2D eigenvalue weighted by Gasteiger charge is 2.10. The van der Waals surface area contributed by atoms with Crippen LogP contribution in [0.15, 0.2) is 31.0 Å². The summed E-state index contributed by atoms with van der Waals surface area (Å²) in [6.45, 7) is 3.83. The van der Waals surface area contributed by atoms with Gasteiger partial charge in [0.1, 0.15) is 27.0 Å². The fraction of sp³-hybridized carbons (Fsp3) is 0.154. The van der Waals surface area contributed by atoms with Crippen LogP contribution in [0.4, 0.5) is 16.0 Å². The number of nitrogens with one attached hydrogen (secondary N) is 3. The molecule has 116 valence electrons. The van der Waals surface area contributed by atoms with Gasteiger partial charge in [0.25, 0.3) is 0 Å². The van der Waals surface area contributed by atoms with Gasteiger partial charge in [-0.3, -0.25) is 4.79 Å². The van der Waals surface area contributed by atoms with E-state index < -0.39 is 5.82 Å². The number of anilines is 2. The fourth-order valence-corrected chi connectivity index (χ4v) is 2.11. The highest BCUT2D eigenvalue weighted by atomic mass is 127. The topological polar surface area (TPSA) is 83.9 Å². The van der Waals surface area contributed by atoms with Crippen LogP contribution < -0.4 is 16.0 Å². The first-order chi connectivity index (χ1) is 10.5. The standard InChI is InChI=1S/C13H14FIN6O/c1-8(16-2)21-12(5-10(15)20-21)18-7-13(22)19-11-4-3-9(14)6-17-11/h3-6,16,18H,1,7H2,2H3,(H,17,19,22). The summed E-state index contributed by atoms with van der Waals surface area (Å²) >= 11 is 2.07. The molecule has 7 nitrogen and oxygen atoms in total. The van der Waals surface area contributed by atoms with Crippen LogP contribution in [0.25, 0.3) is 5.82 Å². The first-order valence-electron chi connectivity index (χ1n) is 6.27. The van der Waals surface area contributed by atoms with Gasteiger partial charge < -0.3 is 16.0 Å². The normalized spacial score (nSPS) is 10.1. The average molecular weight is 416 g/mol. The summed E-state index contributed by atoms with van der Waals surface area (Å²) in [5.41, 5.74) is 0. The molecule has 0 fully saturated rings. The molecule has 0 aliphatic carbocycles. The Bertz CT molecular complexity index is 684. The predicted octanol–water partition coefficient (Wildman–Crippen LogP) is 1.72. The molecule has 1 amide bonds. The van der Waals surface area contributed by atoms with Gasteiger partial charge in [-0.15, -0.1) is 0 Å². The highest BCUT2D eigenvalue weighted by molar-refractivity contribution is 14.1. The molecule has 2 heterocycles. The molecule has 9 heteroatoms. The zero-order valence-corrected chi connectivity index (χ0v) is 13.9. The fourth-order valence-electron chi connectivity index (χ4n) is 1.60. The van der Waals surface area contributed by atoms with Crippen molar-refractivity contribution in [2.75, 3.05) is 24.2 Å². The van der Waals surface area contributed by atoms with Crippen LogP contribution in [0.1, 0.15) is 0 Å². The van der Waals surface area contributed by atoms with E-state index >= 15 is 0 Å². The van der Waals surface area contributed by atoms with Gasteiger partial charge in [0.05, 0.1) is 12.7 Å². The summed E-state index contributed by atoms with van der Waals surface area (Å²) in [5.74, 6) is 0.727. The van der Waals surface area contributed by atoms with Crippen molar-refractivity contribution >= 4 is 46.0 Å². The molecule has 0 saturated carbocycles. The monoisotopic (exact) mass is 416 g/mol. The lowest BCUT2D eigenvalue weighted by atomic mass is 10.4. The molecule has 0 radical (unpaired) electrons. The van der Waals surface area contributed by atoms with Gasteiger partial charge in [-0.2, -0.15) is 5.10 Å². The van der Waals surface area contributed by atoms with Crippen molar-refractivity contribution in [3.05, 3.63) is 40.5 Å². The van der Waals surface area contributed by atoms with E-state index in [1.807, 2.05) is 0 Å². The van der Waals surface area contributed by atoms with E-state index in [0.29, 0.717) is 11.6 Å². The van der Waals surface area contributed by atoms with Crippen molar-refractivity contribution in [2.24, 2.45) is 0 Å². The van der Waals surface area contributed by atoms with E-state index in [0.717, 1.165) is 9.90 Å². The largest absolute Gasteiger partial charge is 0.374 e. The molecule has 0 aromatic carbocycles. The molecule has 0 spiro atoms. The number of hydrogen-bond donors (Lipinski definition) is 3. The minimum Gasteiger partial charge on any atom is -0.374 e. The Hall–Kier alpha value is -2.17. The maximum Gasteiger partial charge on any atom is 0.244 e. The zero-order chi connectivity index (χ0) is 16.1. The third kappa shape index (κ3) is 4.16. The first-order valence-corrected chi connectivity index (χ1v) is 7.35. The van der Waals surface area contributed by atoms with E-state index in [1.54, 1.807) is 17.8 Å². The van der Waals surface area contributed by atoms with Crippen LogP contribution in [-0.4, -0.2) is 34.3 Å². The van der Waals surface area contributed by atoms with Gasteiger partial charge in [0.2, 0.25) is 5.91 Å². The Morgan fingerprint density at radius 2 is 2.27 bits per heavy atom. The van der Waals surface area contributed by atoms with Gasteiger partial charge in [0.15, 0.2) is 0 Å². The molecule has 3 N–H and O–H groups in total. The Kier molecular flexibility index (Phi) is 5.31. The summed E-state index contributed by atoms with van der Waals surface area (Å²) in [4.78, 5) is 15.6. The molecule has 2 aromatic heterocycles. The van der Waals surface area contributed by atoms with Crippen molar-refractivity contribution in [1.29, 1.82) is 0 Å². The summed E-state index contributed by atoms with van der Waals surface area (Å²) in [7, 11) is 1.73. The zero-order valence-electron chi connectivity index (χ0n) is 11.7. The lowest BCUT2D eigenvalue weighted by Crippen LogP contribution is -2.24. The molecule has 0 aliphatic heterocycles. The van der Waals surface area contributed by atoms with E-state index in [9.17, 15) is 9.18 Å². The summed E-state index contributed by atoms with van der Waals surface area (Å²) in [6, 6.07) is 4.40. The second-order valence-electron chi connectivity index (χ2n) is 4.22. The Morgan fingerprint density at radius 1 is 1.50 bits per heavy atom. The Morgan fingerprint density at radius 3 is 2.91 bits per heavy atom. The first kappa shape index (κ1) is 16.2. The second kappa shape index (κ2) is 7.20. The van der Waals surface area contributed by atoms with Gasteiger partial charge in [0, 0.05) is 13.1 Å². The molecule has 2 rings (SSSR count). The smallest absolute Gasteiger partial charge is 0.244 e. The van der Waals surface area contributed by atoms with E-state index in [1.165, 1.54) is 12.1 Å².